The molecule has 0 saturated carbocycles. The van der Waals surface area contributed by atoms with Crippen LogP contribution in [0.3, 0.4) is 0 Å². The van der Waals surface area contributed by atoms with Gasteiger partial charge in [-0.2, -0.15) is 0 Å². The summed E-state index contributed by atoms with van der Waals surface area (Å²) in [5.74, 6) is 0. The maximum Gasteiger partial charge on any atom is 0.177 e. The van der Waals surface area contributed by atoms with Gasteiger partial charge in [-0.1, -0.05) is 0 Å². The minimum atomic E-state index is -3.54. The van der Waals surface area contributed by atoms with Crippen molar-refractivity contribution < 1.29 is 16.8 Å². The van der Waals surface area contributed by atoms with Crippen LogP contribution in [0.15, 0.2) is 28.0 Å². The summed E-state index contributed by atoms with van der Waals surface area (Å²) in [7, 11) is -3.13. The average Bonchev–Trinajstić information content (AvgIpc) is 2.33. The van der Waals surface area contributed by atoms with Gasteiger partial charge in [0.2, 0.25) is 0 Å². The van der Waals surface area contributed by atoms with Gasteiger partial charge in [0, 0.05) is 24.6 Å². The fraction of sp³-hybridized carbons (Fsp3) is 0.571. The zero-order valence-corrected chi connectivity index (χ0v) is 15.5. The highest BCUT2D eigenvalue weighted by atomic mass is 32.2. The van der Waals surface area contributed by atoms with Gasteiger partial charge in [-0.15, -0.1) is 0 Å². The van der Waals surface area contributed by atoms with Crippen molar-refractivity contribution in [1.29, 1.82) is 0 Å². The second-order valence-corrected chi connectivity index (χ2v) is 10.3. The normalized spacial score (nSPS) is 13.4. The molecular formula is C14H24N2O4S2. The Bertz CT molecular complexity index is 751. The molecule has 0 unspecified atom stereocenters. The van der Waals surface area contributed by atoms with Crippen molar-refractivity contribution in [3.8, 4) is 0 Å². The van der Waals surface area contributed by atoms with Crippen LogP contribution in [0.2, 0.25) is 0 Å². The lowest BCUT2D eigenvalue weighted by atomic mass is 10.0. The number of hydrogen-bond acceptors (Lipinski definition) is 6. The minimum absolute atomic E-state index is 0.00894. The first-order chi connectivity index (χ1) is 9.75. The summed E-state index contributed by atoms with van der Waals surface area (Å²) >= 11 is 0. The van der Waals surface area contributed by atoms with E-state index in [1.807, 2.05) is 32.8 Å². The lowest BCUT2D eigenvalue weighted by molar-refractivity contribution is 0.210. The highest BCUT2D eigenvalue weighted by Crippen LogP contribution is 2.26. The van der Waals surface area contributed by atoms with Crippen LogP contribution in [0.1, 0.15) is 13.8 Å². The van der Waals surface area contributed by atoms with E-state index in [2.05, 4.69) is 5.32 Å². The van der Waals surface area contributed by atoms with Crippen LogP contribution in [0.5, 0.6) is 0 Å². The third-order valence-corrected chi connectivity index (χ3v) is 5.95. The fourth-order valence-electron chi connectivity index (χ4n) is 1.66. The molecule has 0 radical (unpaired) electrons. The Kier molecular flexibility index (Phi) is 5.31. The van der Waals surface area contributed by atoms with Gasteiger partial charge in [-0.05, 0) is 46.1 Å². The van der Waals surface area contributed by atoms with Gasteiger partial charge < -0.3 is 10.2 Å². The van der Waals surface area contributed by atoms with E-state index in [0.717, 1.165) is 12.5 Å². The summed E-state index contributed by atoms with van der Waals surface area (Å²) < 4.78 is 47.1. The molecule has 0 aliphatic heterocycles. The molecule has 0 saturated heterocycles. The summed E-state index contributed by atoms with van der Waals surface area (Å²) in [5, 5.41) is 3.10. The largest absolute Gasteiger partial charge is 0.382 e. The van der Waals surface area contributed by atoms with Crippen LogP contribution in [0.25, 0.3) is 0 Å². The quantitative estimate of drug-likeness (QED) is 0.833. The van der Waals surface area contributed by atoms with Crippen LogP contribution < -0.4 is 5.32 Å². The molecule has 1 rings (SSSR count). The van der Waals surface area contributed by atoms with Crippen molar-refractivity contribution in [3.05, 3.63) is 18.2 Å². The lowest BCUT2D eigenvalue weighted by Gasteiger charge is -2.33. The number of hydrogen-bond donors (Lipinski definition) is 1. The van der Waals surface area contributed by atoms with E-state index in [0.29, 0.717) is 12.2 Å². The Morgan fingerprint density at radius 2 is 1.59 bits per heavy atom. The second kappa shape index (κ2) is 6.17. The molecule has 0 spiro atoms. The molecule has 1 aromatic carbocycles. The van der Waals surface area contributed by atoms with Crippen molar-refractivity contribution >= 4 is 25.4 Å². The molecule has 0 heterocycles. The monoisotopic (exact) mass is 348 g/mol. The molecule has 1 aromatic rings. The predicted octanol–water partition coefficient (Wildman–Crippen LogP) is 1.25. The number of sulfone groups is 2. The molecule has 22 heavy (non-hydrogen) atoms. The fourth-order valence-corrected chi connectivity index (χ4v) is 3.26. The molecule has 0 aliphatic carbocycles. The molecule has 126 valence electrons. The van der Waals surface area contributed by atoms with Crippen molar-refractivity contribution in [2.24, 2.45) is 0 Å². The van der Waals surface area contributed by atoms with Crippen LogP contribution in [-0.4, -0.2) is 60.4 Å². The summed E-state index contributed by atoms with van der Waals surface area (Å²) in [4.78, 5) is 2.00. The number of rotatable bonds is 6. The first-order valence-corrected chi connectivity index (χ1v) is 10.5. The smallest absolute Gasteiger partial charge is 0.177 e. The van der Waals surface area contributed by atoms with E-state index in [4.69, 9.17) is 0 Å². The number of likely N-dealkylation sites (N-methyl/N-ethyl adjacent to an activating group) is 1. The molecule has 0 fully saturated rings. The van der Waals surface area contributed by atoms with Crippen molar-refractivity contribution in [2.45, 2.75) is 29.2 Å². The van der Waals surface area contributed by atoms with Crippen LogP contribution in [0.4, 0.5) is 5.69 Å². The average molecular weight is 348 g/mol. The Balaban J connectivity index is 3.27. The second-order valence-electron chi connectivity index (χ2n) is 6.26. The van der Waals surface area contributed by atoms with Crippen molar-refractivity contribution in [3.63, 3.8) is 0 Å². The zero-order valence-electron chi connectivity index (χ0n) is 13.8. The van der Waals surface area contributed by atoms with Crippen molar-refractivity contribution in [1.82, 2.24) is 4.90 Å². The number of nitrogens with one attached hydrogen (secondary N) is 1. The zero-order chi connectivity index (χ0) is 17.3. The minimum Gasteiger partial charge on any atom is -0.382 e. The molecular weight excluding hydrogens is 324 g/mol. The van der Waals surface area contributed by atoms with E-state index in [-0.39, 0.29) is 15.3 Å². The van der Waals surface area contributed by atoms with Gasteiger partial charge in [-0.25, -0.2) is 16.8 Å². The predicted molar refractivity (Wildman–Crippen MR) is 88.9 cm³/mol. The van der Waals surface area contributed by atoms with Gasteiger partial charge in [0.25, 0.3) is 0 Å². The Labute approximate surface area is 133 Å². The highest BCUT2D eigenvalue weighted by molar-refractivity contribution is 7.91. The maximum atomic E-state index is 11.9. The third-order valence-electron chi connectivity index (χ3n) is 3.70. The first-order valence-electron chi connectivity index (χ1n) is 6.70. The van der Waals surface area contributed by atoms with Crippen molar-refractivity contribution in [2.75, 3.05) is 38.5 Å². The maximum absolute atomic E-state index is 11.9. The Morgan fingerprint density at radius 1 is 1.05 bits per heavy atom. The van der Waals surface area contributed by atoms with Gasteiger partial charge in [0.1, 0.15) is 0 Å². The van der Waals surface area contributed by atoms with Gasteiger partial charge in [0.15, 0.2) is 19.7 Å². The number of benzene rings is 1. The Hall–Kier alpha value is -1.12. The molecule has 0 amide bonds. The standard InChI is InChI=1S/C14H24N2O4S2/c1-14(2,16(3)4)10-15-12-8-7-11(21(5,17)18)9-13(12)22(6,19)20/h7-9,15H,10H2,1-6H3. The van der Waals surface area contributed by atoms with E-state index in [1.54, 1.807) is 0 Å². The summed E-state index contributed by atoms with van der Waals surface area (Å²) in [6.45, 7) is 4.55. The molecule has 0 bridgehead atoms. The molecule has 0 atom stereocenters. The van der Waals surface area contributed by atoms with E-state index >= 15 is 0 Å². The van der Waals surface area contributed by atoms with E-state index in [1.165, 1.54) is 18.2 Å². The molecule has 6 nitrogen and oxygen atoms in total. The first kappa shape index (κ1) is 18.9. The van der Waals surface area contributed by atoms with Gasteiger partial charge >= 0.3 is 0 Å². The molecule has 8 heteroatoms. The number of nitrogens with zero attached hydrogens (tertiary/aromatic N) is 1. The molecule has 1 N–H and O–H groups in total. The van der Waals surface area contributed by atoms with Crippen LogP contribution in [-0.2, 0) is 19.7 Å². The third kappa shape index (κ3) is 4.69. The van der Waals surface area contributed by atoms with Gasteiger partial charge in [-0.3, -0.25) is 0 Å². The SMILES string of the molecule is CN(C)C(C)(C)CNc1ccc(S(C)(=O)=O)cc1S(C)(=O)=O. The van der Waals surface area contributed by atoms with Crippen LogP contribution >= 0.6 is 0 Å². The summed E-state index contributed by atoms with van der Waals surface area (Å²) in [5.41, 5.74) is 0.217. The Morgan fingerprint density at radius 3 is 2.00 bits per heavy atom. The molecule has 0 aromatic heterocycles. The summed E-state index contributed by atoms with van der Waals surface area (Å²) in [6, 6.07) is 4.11. The highest BCUT2D eigenvalue weighted by Gasteiger charge is 2.22. The lowest BCUT2D eigenvalue weighted by Crippen LogP contribution is -2.44. The van der Waals surface area contributed by atoms with Crippen LogP contribution in [0, 0.1) is 0 Å². The topological polar surface area (TPSA) is 83.6 Å². The number of anilines is 1. The molecule has 0 aliphatic rings. The van der Waals surface area contributed by atoms with E-state index in [9.17, 15) is 16.8 Å². The van der Waals surface area contributed by atoms with E-state index < -0.39 is 19.7 Å². The van der Waals surface area contributed by atoms with Gasteiger partial charge in [0.05, 0.1) is 15.5 Å². The summed E-state index contributed by atoms with van der Waals surface area (Å²) in [6.07, 6.45) is 2.12.